The van der Waals surface area contributed by atoms with Gasteiger partial charge in [-0.15, -0.1) is 0 Å². The van der Waals surface area contributed by atoms with E-state index in [4.69, 9.17) is 4.74 Å². The van der Waals surface area contributed by atoms with Crippen molar-refractivity contribution >= 4 is 0 Å². The van der Waals surface area contributed by atoms with Crippen LogP contribution in [0.4, 0.5) is 0 Å². The number of benzene rings is 2. The molecule has 0 saturated heterocycles. The van der Waals surface area contributed by atoms with Crippen LogP contribution in [0.15, 0.2) is 54.6 Å². The minimum absolute atomic E-state index is 0.104. The average Bonchev–Trinajstić information content (AvgIpc) is 2.80. The normalized spacial score (nSPS) is 17.5. The zero-order chi connectivity index (χ0) is 11.5. The third-order valence-electron chi connectivity index (χ3n) is 3.02. The number of ether oxygens (including phenoxy) is 1. The van der Waals surface area contributed by atoms with E-state index >= 15 is 0 Å². The van der Waals surface area contributed by atoms with Crippen LogP contribution < -0.4 is 10.1 Å². The van der Waals surface area contributed by atoms with Crippen LogP contribution in [0, 0.1) is 0 Å². The summed E-state index contributed by atoms with van der Waals surface area (Å²) in [6.45, 7) is 0.847. The molecule has 2 heteroatoms. The Hall–Kier alpha value is -1.80. The first-order valence-corrected chi connectivity index (χ1v) is 5.94. The van der Waals surface area contributed by atoms with Gasteiger partial charge >= 0.3 is 0 Å². The van der Waals surface area contributed by atoms with Gasteiger partial charge in [0, 0.05) is 13.0 Å². The monoisotopic (exact) mass is 225 g/mol. The summed E-state index contributed by atoms with van der Waals surface area (Å²) in [6, 6.07) is 18.6. The highest BCUT2D eigenvalue weighted by Crippen LogP contribution is 2.27. The summed E-state index contributed by atoms with van der Waals surface area (Å²) in [5.41, 5.74) is 2.57. The largest absolute Gasteiger partial charge is 0.475 e. The standard InChI is InChI=1S/C15H15NO/c1-2-6-12(7-3-1)11-16-15-10-13-8-4-5-9-14(13)17-15/h1-9,15-16H,10-11H2. The fraction of sp³-hybridized carbons (Fsp3) is 0.200. The van der Waals surface area contributed by atoms with Crippen molar-refractivity contribution < 1.29 is 4.74 Å². The van der Waals surface area contributed by atoms with Crippen molar-refractivity contribution in [1.29, 1.82) is 0 Å². The highest BCUT2D eigenvalue weighted by molar-refractivity contribution is 5.37. The molecule has 0 saturated carbocycles. The smallest absolute Gasteiger partial charge is 0.154 e. The number of nitrogens with one attached hydrogen (secondary N) is 1. The minimum Gasteiger partial charge on any atom is -0.475 e. The summed E-state index contributed by atoms with van der Waals surface area (Å²) in [7, 11) is 0. The van der Waals surface area contributed by atoms with Gasteiger partial charge in [-0.05, 0) is 17.2 Å². The predicted octanol–water partition coefficient (Wildman–Crippen LogP) is 2.74. The van der Waals surface area contributed by atoms with Gasteiger partial charge in [-0.1, -0.05) is 48.5 Å². The highest BCUT2D eigenvalue weighted by atomic mass is 16.5. The summed E-state index contributed by atoms with van der Waals surface area (Å²) in [5.74, 6) is 1.01. The molecule has 2 nitrogen and oxygen atoms in total. The maximum atomic E-state index is 5.82. The van der Waals surface area contributed by atoms with Gasteiger partial charge in [0.1, 0.15) is 5.75 Å². The molecule has 0 aliphatic carbocycles. The number of hydrogen-bond donors (Lipinski definition) is 1. The van der Waals surface area contributed by atoms with E-state index in [0.717, 1.165) is 18.7 Å². The van der Waals surface area contributed by atoms with Crippen LogP contribution in [0.2, 0.25) is 0 Å². The molecule has 2 aromatic carbocycles. The lowest BCUT2D eigenvalue weighted by Crippen LogP contribution is -2.32. The van der Waals surface area contributed by atoms with E-state index in [1.165, 1.54) is 11.1 Å². The van der Waals surface area contributed by atoms with Crippen LogP contribution in [0.25, 0.3) is 0 Å². The Labute approximate surface area is 101 Å². The Morgan fingerprint density at radius 3 is 2.59 bits per heavy atom. The number of rotatable bonds is 3. The lowest BCUT2D eigenvalue weighted by Gasteiger charge is -2.12. The van der Waals surface area contributed by atoms with E-state index in [1.54, 1.807) is 0 Å². The maximum absolute atomic E-state index is 5.82. The second kappa shape index (κ2) is 4.60. The third-order valence-corrected chi connectivity index (χ3v) is 3.02. The van der Waals surface area contributed by atoms with Crippen molar-refractivity contribution in [2.75, 3.05) is 0 Å². The lowest BCUT2D eigenvalue weighted by atomic mass is 10.1. The van der Waals surface area contributed by atoms with E-state index in [-0.39, 0.29) is 6.23 Å². The van der Waals surface area contributed by atoms with E-state index in [2.05, 4.69) is 41.7 Å². The molecule has 0 spiro atoms. The molecule has 0 fully saturated rings. The van der Waals surface area contributed by atoms with Gasteiger partial charge in [0.25, 0.3) is 0 Å². The number of fused-ring (bicyclic) bond motifs is 1. The summed E-state index contributed by atoms with van der Waals surface area (Å²) in [5, 5.41) is 3.42. The first kappa shape index (κ1) is 10.4. The van der Waals surface area contributed by atoms with E-state index < -0.39 is 0 Å². The van der Waals surface area contributed by atoms with E-state index in [1.807, 2.05) is 18.2 Å². The topological polar surface area (TPSA) is 21.3 Å². The van der Waals surface area contributed by atoms with Crippen molar-refractivity contribution in [3.8, 4) is 5.75 Å². The first-order chi connectivity index (χ1) is 8.42. The van der Waals surface area contributed by atoms with Crippen LogP contribution in [0.3, 0.4) is 0 Å². The zero-order valence-corrected chi connectivity index (χ0v) is 9.60. The summed E-state index contributed by atoms with van der Waals surface area (Å²) in [6.07, 6.45) is 1.05. The van der Waals surface area contributed by atoms with E-state index in [0.29, 0.717) is 0 Å². The molecule has 0 amide bonds. The second-order valence-corrected chi connectivity index (χ2v) is 4.28. The van der Waals surface area contributed by atoms with Gasteiger partial charge in [0.15, 0.2) is 6.23 Å². The predicted molar refractivity (Wildman–Crippen MR) is 67.8 cm³/mol. The summed E-state index contributed by atoms with van der Waals surface area (Å²) in [4.78, 5) is 0. The molecule has 1 N–H and O–H groups in total. The molecule has 0 radical (unpaired) electrons. The Bertz CT molecular complexity index is 470. The van der Waals surface area contributed by atoms with Crippen LogP contribution in [0.1, 0.15) is 11.1 Å². The summed E-state index contributed by atoms with van der Waals surface area (Å²) >= 11 is 0. The Balaban J connectivity index is 1.59. The molecule has 3 rings (SSSR count). The molecule has 1 atom stereocenters. The van der Waals surface area contributed by atoms with Crippen molar-refractivity contribution in [2.24, 2.45) is 0 Å². The van der Waals surface area contributed by atoms with Gasteiger partial charge in [-0.2, -0.15) is 0 Å². The maximum Gasteiger partial charge on any atom is 0.154 e. The van der Waals surface area contributed by atoms with Crippen molar-refractivity contribution in [2.45, 2.75) is 19.2 Å². The van der Waals surface area contributed by atoms with Gasteiger partial charge in [-0.3, -0.25) is 5.32 Å². The Morgan fingerprint density at radius 2 is 1.76 bits per heavy atom. The molecule has 0 aromatic heterocycles. The minimum atomic E-state index is 0.104. The zero-order valence-electron chi connectivity index (χ0n) is 9.60. The fourth-order valence-electron chi connectivity index (χ4n) is 2.12. The molecular formula is C15H15NO. The molecule has 17 heavy (non-hydrogen) atoms. The molecule has 1 unspecified atom stereocenters. The number of hydrogen-bond acceptors (Lipinski definition) is 2. The van der Waals surface area contributed by atoms with Crippen molar-refractivity contribution in [3.63, 3.8) is 0 Å². The molecule has 1 aliphatic rings. The van der Waals surface area contributed by atoms with E-state index in [9.17, 15) is 0 Å². The van der Waals surface area contributed by atoms with Gasteiger partial charge in [-0.25, -0.2) is 0 Å². The van der Waals surface area contributed by atoms with Gasteiger partial charge in [0.2, 0.25) is 0 Å². The van der Waals surface area contributed by atoms with Crippen molar-refractivity contribution in [1.82, 2.24) is 5.32 Å². The third kappa shape index (κ3) is 2.32. The van der Waals surface area contributed by atoms with Crippen LogP contribution in [-0.2, 0) is 13.0 Å². The number of para-hydroxylation sites is 1. The molecular weight excluding hydrogens is 210 g/mol. The van der Waals surface area contributed by atoms with Crippen molar-refractivity contribution in [3.05, 3.63) is 65.7 Å². The van der Waals surface area contributed by atoms with Gasteiger partial charge in [0.05, 0.1) is 0 Å². The Kier molecular flexibility index (Phi) is 2.80. The fourth-order valence-corrected chi connectivity index (χ4v) is 2.12. The SMILES string of the molecule is c1ccc(CNC2Cc3ccccc3O2)cc1. The quantitative estimate of drug-likeness (QED) is 0.867. The van der Waals surface area contributed by atoms with Gasteiger partial charge < -0.3 is 4.74 Å². The van der Waals surface area contributed by atoms with Crippen LogP contribution in [0.5, 0.6) is 5.75 Å². The second-order valence-electron chi connectivity index (χ2n) is 4.28. The van der Waals surface area contributed by atoms with Crippen LogP contribution in [-0.4, -0.2) is 6.23 Å². The highest BCUT2D eigenvalue weighted by Gasteiger charge is 2.21. The summed E-state index contributed by atoms with van der Waals surface area (Å²) < 4.78 is 5.82. The average molecular weight is 225 g/mol. The van der Waals surface area contributed by atoms with Crippen LogP contribution >= 0.6 is 0 Å². The molecule has 2 aromatic rings. The molecule has 1 aliphatic heterocycles. The molecule has 0 bridgehead atoms. The Morgan fingerprint density at radius 1 is 1.00 bits per heavy atom. The molecule has 86 valence electrons. The lowest BCUT2D eigenvalue weighted by molar-refractivity contribution is 0.190. The molecule has 1 heterocycles. The first-order valence-electron chi connectivity index (χ1n) is 5.94.